The Morgan fingerprint density at radius 2 is 1.64 bits per heavy atom. The van der Waals surface area contributed by atoms with Gasteiger partial charge in [-0.05, 0) is 117 Å². The third-order valence-corrected chi connectivity index (χ3v) is 21.4. The van der Waals surface area contributed by atoms with Crippen LogP contribution < -0.4 is 0 Å². The average molecular weight is 661 g/mol. The topological polar surface area (TPSA) is 54.0 Å². The molecule has 3 fully saturated rings. The summed E-state index contributed by atoms with van der Waals surface area (Å²) in [6.07, 6.45) is 13.2. The number of allylic oxidation sites excluding steroid dienone is 3. The second-order valence-electron chi connectivity index (χ2n) is 17.5. The van der Waals surface area contributed by atoms with Crippen molar-refractivity contribution >= 4 is 22.6 Å². The lowest BCUT2D eigenvalue weighted by molar-refractivity contribution is -0.145. The van der Waals surface area contributed by atoms with E-state index in [0.29, 0.717) is 31.5 Å². The van der Waals surface area contributed by atoms with Gasteiger partial charge in [0.1, 0.15) is 0 Å². The van der Waals surface area contributed by atoms with E-state index in [1.165, 1.54) is 31.3 Å². The zero-order valence-electron chi connectivity index (χ0n) is 31.4. The van der Waals surface area contributed by atoms with Crippen LogP contribution in [0.1, 0.15) is 114 Å². The zero-order chi connectivity index (χ0) is 34.0. The average Bonchev–Trinajstić information content (AvgIpc) is 3.25. The number of esters is 1. The lowest BCUT2D eigenvalue weighted by Gasteiger charge is -2.45. The quantitative estimate of drug-likeness (QED) is 0.163. The van der Waals surface area contributed by atoms with Crippen LogP contribution in [0.2, 0.25) is 36.3 Å². The van der Waals surface area contributed by atoms with Crippen molar-refractivity contribution in [3.8, 4) is 0 Å². The van der Waals surface area contributed by atoms with Gasteiger partial charge in [-0.15, -0.1) is 0 Å². The van der Waals surface area contributed by atoms with Crippen molar-refractivity contribution in [2.75, 3.05) is 13.2 Å². The van der Waals surface area contributed by atoms with E-state index in [1.807, 2.05) is 6.92 Å². The third kappa shape index (κ3) is 9.13. The van der Waals surface area contributed by atoms with Crippen molar-refractivity contribution in [1.29, 1.82) is 0 Å². The Labute approximate surface area is 279 Å². The molecular weight excluding hydrogens is 593 g/mol. The Morgan fingerprint density at radius 3 is 2.24 bits per heavy atom. The molecule has 0 bridgehead atoms. The Hall–Kier alpha value is -0.996. The molecule has 0 aliphatic heterocycles. The fraction of sp³-hybridized carbons (Fsp3) is 0.816. The van der Waals surface area contributed by atoms with Crippen LogP contribution in [0.4, 0.5) is 0 Å². The maximum absolute atomic E-state index is 11.8. The molecule has 0 aromatic rings. The van der Waals surface area contributed by atoms with Crippen LogP contribution in [0.3, 0.4) is 0 Å². The summed E-state index contributed by atoms with van der Waals surface area (Å²) in [5.41, 5.74) is 4.26. The molecule has 3 aliphatic rings. The van der Waals surface area contributed by atoms with Gasteiger partial charge in [0.05, 0.1) is 37.9 Å². The van der Waals surface area contributed by atoms with Crippen molar-refractivity contribution in [3.63, 3.8) is 0 Å². The first-order valence-corrected chi connectivity index (χ1v) is 23.7. The van der Waals surface area contributed by atoms with Crippen LogP contribution in [-0.2, 0) is 23.1 Å². The molecule has 0 spiro atoms. The van der Waals surface area contributed by atoms with E-state index in [0.717, 1.165) is 24.8 Å². The molecule has 0 heterocycles. The van der Waals surface area contributed by atoms with Gasteiger partial charge in [-0.3, -0.25) is 4.79 Å². The highest BCUT2D eigenvalue weighted by Crippen LogP contribution is 2.58. The van der Waals surface area contributed by atoms with Gasteiger partial charge in [-0.1, -0.05) is 72.8 Å². The number of rotatable bonds is 11. The molecule has 0 aromatic heterocycles. The highest BCUT2D eigenvalue weighted by atomic mass is 28.4. The molecule has 0 N–H and O–H groups in total. The maximum Gasteiger partial charge on any atom is 0.308 e. The number of fused-ring (bicyclic) bond motifs is 1. The van der Waals surface area contributed by atoms with Gasteiger partial charge in [0.25, 0.3) is 0 Å². The predicted octanol–water partition coefficient (Wildman–Crippen LogP) is 10.5. The molecule has 45 heavy (non-hydrogen) atoms. The molecule has 258 valence electrons. The molecule has 3 aliphatic carbocycles. The van der Waals surface area contributed by atoms with E-state index < -0.39 is 16.6 Å². The first-order chi connectivity index (χ1) is 20.6. The minimum atomic E-state index is -2.00. The van der Waals surface area contributed by atoms with Crippen LogP contribution in [-0.4, -0.2) is 54.1 Å². The first-order valence-electron chi connectivity index (χ1n) is 17.8. The summed E-state index contributed by atoms with van der Waals surface area (Å²) in [6.45, 7) is 35.4. The van der Waals surface area contributed by atoms with E-state index in [1.54, 1.807) is 5.57 Å². The van der Waals surface area contributed by atoms with Crippen molar-refractivity contribution in [1.82, 2.24) is 0 Å². The minimum Gasteiger partial charge on any atom is -0.466 e. The summed E-state index contributed by atoms with van der Waals surface area (Å²) in [4.78, 5) is 11.8. The van der Waals surface area contributed by atoms with Gasteiger partial charge in [0.2, 0.25) is 0 Å². The molecule has 7 heteroatoms. The standard InChI is InChI=1S/C38H68O5Si2/c1-15-40-35(39)22-24-41-28(3)32-20-21-33-29(17-16-23-38(32,33)10)18-19-30-25-31(42-44(11,12)36(4,5)6)26-34(27(30)2)43-45(13,14)37(7,8)9/h18-19,28,31-34H,2,15-17,20-26H2,1,3-14H3/b29-18?,30-19-/t28-,31+,32+,33-,34-,38+/m0/s1. The van der Waals surface area contributed by atoms with Crippen molar-refractivity contribution in [2.45, 2.75) is 168 Å². The molecule has 3 saturated carbocycles. The van der Waals surface area contributed by atoms with E-state index in [-0.39, 0.29) is 39.8 Å². The predicted molar refractivity (Wildman–Crippen MR) is 194 cm³/mol. The summed E-state index contributed by atoms with van der Waals surface area (Å²) in [5.74, 6) is 0.893. The highest BCUT2D eigenvalue weighted by Gasteiger charge is 2.51. The molecule has 0 saturated heterocycles. The number of ether oxygens (including phenoxy) is 2. The number of hydrogen-bond acceptors (Lipinski definition) is 5. The SMILES string of the molecule is C=C1/C(=C\C=C2CCC[C@]3(C)[C@@H]([C@H](C)OCCC(=O)OCC)CC[C@@H]23)C[C@@H](O[Si](C)(C)C(C)(C)C)C[C@@H]1O[Si](C)(C)C(C)(C)C. The van der Waals surface area contributed by atoms with Crippen molar-refractivity contribution in [3.05, 3.63) is 35.5 Å². The lowest BCUT2D eigenvalue weighted by atomic mass is 9.62. The Kier molecular flexibility index (Phi) is 12.5. The molecular formula is C38H68O5Si2. The van der Waals surface area contributed by atoms with Gasteiger partial charge in [0.15, 0.2) is 16.6 Å². The van der Waals surface area contributed by atoms with Crippen LogP contribution in [0.25, 0.3) is 0 Å². The van der Waals surface area contributed by atoms with Gasteiger partial charge in [-0.2, -0.15) is 0 Å². The largest absolute Gasteiger partial charge is 0.466 e. The van der Waals surface area contributed by atoms with Crippen molar-refractivity contribution in [2.24, 2.45) is 17.3 Å². The summed E-state index contributed by atoms with van der Waals surface area (Å²) in [7, 11) is -3.94. The van der Waals surface area contributed by atoms with Gasteiger partial charge in [-0.25, -0.2) is 0 Å². The lowest BCUT2D eigenvalue weighted by Crippen LogP contribution is -2.49. The van der Waals surface area contributed by atoms with Crippen molar-refractivity contribution < 1.29 is 23.1 Å². The third-order valence-electron chi connectivity index (χ3n) is 12.3. The molecule has 0 amide bonds. The Bertz CT molecular complexity index is 1110. The van der Waals surface area contributed by atoms with Gasteiger partial charge < -0.3 is 18.3 Å². The molecule has 6 atom stereocenters. The monoisotopic (exact) mass is 660 g/mol. The van der Waals surface area contributed by atoms with Crippen LogP contribution in [0, 0.1) is 17.3 Å². The summed E-state index contributed by atoms with van der Waals surface area (Å²) < 4.78 is 25.5. The summed E-state index contributed by atoms with van der Waals surface area (Å²) >= 11 is 0. The Balaban J connectivity index is 1.84. The van der Waals surface area contributed by atoms with E-state index >= 15 is 0 Å². The molecule has 0 aromatic carbocycles. The fourth-order valence-electron chi connectivity index (χ4n) is 7.49. The number of hydrogen-bond donors (Lipinski definition) is 0. The molecule has 0 radical (unpaired) electrons. The van der Waals surface area contributed by atoms with Crippen LogP contribution in [0.5, 0.6) is 0 Å². The highest BCUT2D eigenvalue weighted by molar-refractivity contribution is 6.74. The summed E-state index contributed by atoms with van der Waals surface area (Å²) in [6, 6.07) is 0. The minimum absolute atomic E-state index is 0.000788. The molecule has 5 nitrogen and oxygen atoms in total. The first kappa shape index (κ1) is 38.5. The van der Waals surface area contributed by atoms with E-state index in [4.69, 9.17) is 18.3 Å². The zero-order valence-corrected chi connectivity index (χ0v) is 33.4. The summed E-state index contributed by atoms with van der Waals surface area (Å²) in [5, 5.41) is 0.298. The second kappa shape index (κ2) is 14.6. The smallest absolute Gasteiger partial charge is 0.308 e. The Morgan fingerprint density at radius 1 is 1.02 bits per heavy atom. The number of carbonyl (C=O) groups is 1. The van der Waals surface area contributed by atoms with E-state index in [9.17, 15) is 4.79 Å². The van der Waals surface area contributed by atoms with Gasteiger partial charge in [0, 0.05) is 6.42 Å². The maximum atomic E-state index is 11.8. The van der Waals surface area contributed by atoms with Crippen LogP contribution >= 0.6 is 0 Å². The van der Waals surface area contributed by atoms with E-state index in [2.05, 4.69) is 100 Å². The molecule has 3 rings (SSSR count). The normalized spacial score (nSPS) is 30.9. The fourth-order valence-corrected chi connectivity index (χ4v) is 10.2. The second-order valence-corrected chi connectivity index (χ2v) is 27.0. The van der Waals surface area contributed by atoms with Crippen LogP contribution in [0.15, 0.2) is 35.5 Å². The van der Waals surface area contributed by atoms with Gasteiger partial charge >= 0.3 is 5.97 Å². The number of carbonyl (C=O) groups excluding carboxylic acids is 1. The molecule has 0 unspecified atom stereocenters.